The maximum absolute atomic E-state index is 12.5. The molecule has 1 saturated heterocycles. The van der Waals surface area contributed by atoms with E-state index in [2.05, 4.69) is 36.9 Å². The molecule has 2 heterocycles. The van der Waals surface area contributed by atoms with Gasteiger partial charge >= 0.3 is 0 Å². The van der Waals surface area contributed by atoms with Gasteiger partial charge in [-0.15, -0.1) is 17.5 Å². The summed E-state index contributed by atoms with van der Waals surface area (Å²) in [7, 11) is 0. The Morgan fingerprint density at radius 3 is 2.58 bits per heavy atom. The number of hydrogen-bond donors (Lipinski definition) is 2. The summed E-state index contributed by atoms with van der Waals surface area (Å²) in [6.07, 6.45) is 2.19. The van der Waals surface area contributed by atoms with Gasteiger partial charge in [0.2, 0.25) is 0 Å². The highest BCUT2D eigenvalue weighted by Gasteiger charge is 2.34. The first-order valence-electron chi connectivity index (χ1n) is 7.93. The summed E-state index contributed by atoms with van der Waals surface area (Å²) in [5.41, 5.74) is 2.35. The Kier molecular flexibility index (Phi) is 5.22. The molecule has 4 rings (SSSR count). The van der Waals surface area contributed by atoms with Crippen molar-refractivity contribution in [1.29, 1.82) is 0 Å². The van der Waals surface area contributed by atoms with Crippen molar-refractivity contribution in [2.24, 2.45) is 5.92 Å². The lowest BCUT2D eigenvalue weighted by molar-refractivity contribution is 0.0936. The first kappa shape index (κ1) is 17.4. The standard InChI is InChI=1S/C16H18BrN5O.ClH/c17-12-3-5-13(6-4-12)22-15(11-1-2-11)14(20-21-22)16(23)19-9-10-7-18-8-10;/h3-6,10-11,18H,1-2,7-9H2,(H,19,23);1H. The number of nitrogens with one attached hydrogen (secondary N) is 2. The lowest BCUT2D eigenvalue weighted by Crippen LogP contribution is -2.48. The quantitative estimate of drug-likeness (QED) is 0.790. The molecule has 2 N–H and O–H groups in total. The van der Waals surface area contributed by atoms with Crippen molar-refractivity contribution in [3.8, 4) is 5.69 Å². The van der Waals surface area contributed by atoms with Crippen LogP contribution >= 0.6 is 28.3 Å². The van der Waals surface area contributed by atoms with E-state index >= 15 is 0 Å². The third-order valence-electron chi connectivity index (χ3n) is 4.37. The predicted octanol–water partition coefficient (Wildman–Crippen LogP) is 2.28. The lowest BCUT2D eigenvalue weighted by atomic mass is 10.0. The lowest BCUT2D eigenvalue weighted by Gasteiger charge is -2.26. The minimum atomic E-state index is -0.109. The van der Waals surface area contributed by atoms with Crippen LogP contribution in [0.4, 0.5) is 0 Å². The Balaban J connectivity index is 0.00000169. The van der Waals surface area contributed by atoms with Gasteiger partial charge in [0.1, 0.15) is 0 Å². The van der Waals surface area contributed by atoms with Crippen molar-refractivity contribution in [3.63, 3.8) is 0 Å². The van der Waals surface area contributed by atoms with Crippen LogP contribution in [0, 0.1) is 5.92 Å². The molecule has 0 spiro atoms. The minimum Gasteiger partial charge on any atom is -0.350 e. The molecule has 24 heavy (non-hydrogen) atoms. The molecule has 2 aliphatic rings. The van der Waals surface area contributed by atoms with Crippen LogP contribution in [0.15, 0.2) is 28.7 Å². The van der Waals surface area contributed by atoms with Crippen LogP contribution < -0.4 is 10.6 Å². The van der Waals surface area contributed by atoms with Gasteiger partial charge < -0.3 is 10.6 Å². The van der Waals surface area contributed by atoms with Gasteiger partial charge in [-0.25, -0.2) is 4.68 Å². The third kappa shape index (κ3) is 3.48. The van der Waals surface area contributed by atoms with Gasteiger partial charge in [-0.2, -0.15) is 0 Å². The summed E-state index contributed by atoms with van der Waals surface area (Å²) in [4.78, 5) is 12.5. The van der Waals surface area contributed by atoms with Gasteiger partial charge in [-0.3, -0.25) is 4.79 Å². The highest BCUT2D eigenvalue weighted by molar-refractivity contribution is 9.10. The van der Waals surface area contributed by atoms with E-state index in [-0.39, 0.29) is 18.3 Å². The van der Waals surface area contributed by atoms with Crippen LogP contribution in [0.5, 0.6) is 0 Å². The van der Waals surface area contributed by atoms with Crippen LogP contribution in [0.25, 0.3) is 5.69 Å². The van der Waals surface area contributed by atoms with Crippen molar-refractivity contribution >= 4 is 34.2 Å². The highest BCUT2D eigenvalue weighted by atomic mass is 79.9. The van der Waals surface area contributed by atoms with Crippen LogP contribution in [-0.2, 0) is 0 Å². The van der Waals surface area contributed by atoms with E-state index in [4.69, 9.17) is 0 Å². The van der Waals surface area contributed by atoms with E-state index < -0.39 is 0 Å². The summed E-state index contributed by atoms with van der Waals surface area (Å²) in [5.74, 6) is 0.812. The zero-order valence-electron chi connectivity index (χ0n) is 13.0. The summed E-state index contributed by atoms with van der Waals surface area (Å²) < 4.78 is 2.82. The van der Waals surface area contributed by atoms with Crippen molar-refractivity contribution in [1.82, 2.24) is 25.6 Å². The zero-order valence-corrected chi connectivity index (χ0v) is 15.4. The van der Waals surface area contributed by atoms with Gasteiger partial charge in [0, 0.05) is 35.9 Å². The first-order valence-corrected chi connectivity index (χ1v) is 8.72. The average Bonchev–Trinajstić information content (AvgIpc) is 3.25. The fourth-order valence-corrected chi connectivity index (χ4v) is 3.02. The molecular weight excluding hydrogens is 394 g/mol. The van der Waals surface area contributed by atoms with E-state index in [1.165, 1.54) is 0 Å². The molecule has 1 aromatic carbocycles. The number of benzene rings is 1. The molecule has 1 aromatic heterocycles. The van der Waals surface area contributed by atoms with E-state index in [0.29, 0.717) is 24.1 Å². The molecule has 2 aromatic rings. The van der Waals surface area contributed by atoms with Crippen molar-refractivity contribution in [3.05, 3.63) is 40.1 Å². The highest BCUT2D eigenvalue weighted by Crippen LogP contribution is 2.42. The summed E-state index contributed by atoms with van der Waals surface area (Å²) in [6.45, 7) is 2.64. The van der Waals surface area contributed by atoms with Crippen LogP contribution in [0.3, 0.4) is 0 Å². The Hall–Kier alpha value is -1.44. The van der Waals surface area contributed by atoms with E-state index in [1.807, 2.05) is 28.9 Å². The van der Waals surface area contributed by atoms with E-state index in [9.17, 15) is 4.79 Å². The molecule has 0 unspecified atom stereocenters. The maximum atomic E-state index is 12.5. The van der Waals surface area contributed by atoms with E-state index in [1.54, 1.807) is 0 Å². The normalized spacial score (nSPS) is 17.0. The molecular formula is C16H19BrClN5O. The average molecular weight is 413 g/mol. The summed E-state index contributed by atoms with van der Waals surface area (Å²) in [6, 6.07) is 7.90. The molecule has 128 valence electrons. The number of nitrogens with zero attached hydrogens (tertiary/aromatic N) is 3. The van der Waals surface area contributed by atoms with Crippen LogP contribution in [0.1, 0.15) is 34.9 Å². The maximum Gasteiger partial charge on any atom is 0.273 e. The molecule has 8 heteroatoms. The fraction of sp³-hybridized carbons (Fsp3) is 0.438. The van der Waals surface area contributed by atoms with Crippen molar-refractivity contribution in [2.75, 3.05) is 19.6 Å². The molecule has 0 atom stereocenters. The molecule has 1 aliphatic carbocycles. The largest absolute Gasteiger partial charge is 0.350 e. The Bertz CT molecular complexity index is 725. The zero-order chi connectivity index (χ0) is 15.8. The number of rotatable bonds is 5. The van der Waals surface area contributed by atoms with Gasteiger partial charge in [0.15, 0.2) is 5.69 Å². The molecule has 1 aliphatic heterocycles. The number of carbonyl (C=O) groups excluding carboxylic acids is 1. The molecule has 0 bridgehead atoms. The Morgan fingerprint density at radius 1 is 1.29 bits per heavy atom. The van der Waals surface area contributed by atoms with Gasteiger partial charge in [-0.1, -0.05) is 21.1 Å². The summed E-state index contributed by atoms with van der Waals surface area (Å²) >= 11 is 3.44. The number of carbonyl (C=O) groups is 1. The van der Waals surface area contributed by atoms with Gasteiger partial charge in [-0.05, 0) is 37.1 Å². The number of amides is 1. The molecule has 2 fully saturated rings. The molecule has 0 radical (unpaired) electrons. The second-order valence-corrected chi connectivity index (χ2v) is 7.14. The topological polar surface area (TPSA) is 71.8 Å². The third-order valence-corrected chi connectivity index (χ3v) is 4.90. The van der Waals surface area contributed by atoms with Crippen LogP contribution in [-0.4, -0.2) is 40.5 Å². The smallest absolute Gasteiger partial charge is 0.273 e. The molecule has 1 amide bonds. The predicted molar refractivity (Wildman–Crippen MR) is 97.0 cm³/mol. The SMILES string of the molecule is Cl.O=C(NCC1CNC1)c1nnn(-c2ccc(Br)cc2)c1C1CC1. The first-order chi connectivity index (χ1) is 11.2. The number of halogens is 2. The number of hydrogen-bond acceptors (Lipinski definition) is 4. The molecule has 1 saturated carbocycles. The second-order valence-electron chi connectivity index (χ2n) is 6.22. The van der Waals surface area contributed by atoms with Crippen molar-refractivity contribution < 1.29 is 4.79 Å². The minimum absolute atomic E-state index is 0. The van der Waals surface area contributed by atoms with E-state index in [0.717, 1.165) is 41.8 Å². The second kappa shape index (κ2) is 7.21. The van der Waals surface area contributed by atoms with Gasteiger partial charge in [0.25, 0.3) is 5.91 Å². The Labute approximate surface area is 154 Å². The molecule has 6 nitrogen and oxygen atoms in total. The van der Waals surface area contributed by atoms with Gasteiger partial charge in [0.05, 0.1) is 11.4 Å². The Morgan fingerprint density at radius 2 is 2.00 bits per heavy atom. The number of aromatic nitrogens is 3. The summed E-state index contributed by atoms with van der Waals surface area (Å²) in [5, 5.41) is 14.6. The fourth-order valence-electron chi connectivity index (χ4n) is 2.76. The van der Waals surface area contributed by atoms with Crippen molar-refractivity contribution in [2.45, 2.75) is 18.8 Å². The monoisotopic (exact) mass is 411 g/mol. The van der Waals surface area contributed by atoms with Crippen LogP contribution in [0.2, 0.25) is 0 Å².